The monoisotopic (exact) mass is 770 g/mol. The molecule has 3 aliphatic rings. The number of nitro groups is 2. The van der Waals surface area contributed by atoms with Crippen molar-refractivity contribution in [3.05, 3.63) is 108 Å². The molecule has 1 saturated heterocycles. The summed E-state index contributed by atoms with van der Waals surface area (Å²) in [5.41, 5.74) is 1.77. The molecule has 2 aromatic carbocycles. The molecule has 1 aromatic heterocycles. The zero-order chi connectivity index (χ0) is 35.7. The van der Waals surface area contributed by atoms with E-state index in [4.69, 9.17) is 14.2 Å². The van der Waals surface area contributed by atoms with E-state index >= 15 is 0 Å². The van der Waals surface area contributed by atoms with Crippen molar-refractivity contribution in [1.82, 2.24) is 19.6 Å². The number of aromatic nitrogens is 2. The molecule has 0 saturated carbocycles. The summed E-state index contributed by atoms with van der Waals surface area (Å²) in [6.07, 6.45) is -1.81. The summed E-state index contributed by atoms with van der Waals surface area (Å²) in [7, 11) is 0. The van der Waals surface area contributed by atoms with E-state index in [-0.39, 0.29) is 62.2 Å². The third-order valence-electron chi connectivity index (χ3n) is 8.27. The molecule has 1 fully saturated rings. The number of thioether (sulfide) groups is 1. The molecular formula is C31H27BrN6O11S. The van der Waals surface area contributed by atoms with Gasteiger partial charge in [0.25, 0.3) is 11.4 Å². The van der Waals surface area contributed by atoms with Crippen LogP contribution in [0.5, 0.6) is 0 Å². The third kappa shape index (κ3) is 6.77. The maximum Gasteiger partial charge on any atom is 0.410 e. The Kier molecular flexibility index (Phi) is 9.61. The number of hydrogen-bond acceptors (Lipinski definition) is 13. The Balaban J connectivity index is 1.13. The van der Waals surface area contributed by atoms with Crippen molar-refractivity contribution in [3.8, 4) is 0 Å². The molecular weight excluding hydrogens is 744 g/mol. The number of rotatable bonds is 10. The summed E-state index contributed by atoms with van der Waals surface area (Å²) in [6, 6.07) is 12.8. The second-order valence-corrected chi connectivity index (χ2v) is 13.9. The molecule has 3 aromatic rings. The molecule has 2 amide bonds. The van der Waals surface area contributed by atoms with Crippen LogP contribution in [0.1, 0.15) is 35.5 Å². The van der Waals surface area contributed by atoms with Gasteiger partial charge in [-0.1, -0.05) is 15.9 Å². The van der Waals surface area contributed by atoms with Crippen LogP contribution in [-0.4, -0.2) is 76.0 Å². The molecule has 2 bridgehead atoms. The number of benzene rings is 2. The van der Waals surface area contributed by atoms with Crippen molar-refractivity contribution < 1.29 is 43.2 Å². The summed E-state index contributed by atoms with van der Waals surface area (Å²) < 4.78 is 16.7. The van der Waals surface area contributed by atoms with Crippen LogP contribution in [0.15, 0.2) is 65.7 Å². The molecule has 1 unspecified atom stereocenters. The summed E-state index contributed by atoms with van der Waals surface area (Å²) in [6.45, 7) is 1.70. The van der Waals surface area contributed by atoms with Crippen LogP contribution >= 0.6 is 27.7 Å². The lowest BCUT2D eigenvalue weighted by Crippen LogP contribution is -2.45. The standard InChI is InChI=1S/C31H27BrN6O11S/c1-18(39)49-27(24-12-23-13-34(10-11-36(23)33-24)30(42)48-16-20-4-8-22(9-5-20)38(45)46)31(32)26-14-35(29(31)41)25(17-50-26)28(40)47-15-19-2-6-21(7-3-19)37(43)44/h2-9,12,17,26-27H,10-11,13-16H2,1H3/t26-,27?,31+/m1/s1. The minimum atomic E-state index is -1.52. The first kappa shape index (κ1) is 34.6. The highest BCUT2D eigenvalue weighted by atomic mass is 79.9. The average molecular weight is 772 g/mol. The number of hydrogen-bond donors (Lipinski definition) is 0. The third-order valence-corrected chi connectivity index (χ3v) is 11.1. The number of esters is 2. The van der Waals surface area contributed by atoms with Crippen LogP contribution < -0.4 is 0 Å². The molecule has 50 heavy (non-hydrogen) atoms. The smallest absolute Gasteiger partial charge is 0.410 e. The zero-order valence-corrected chi connectivity index (χ0v) is 28.5. The predicted octanol–water partition coefficient (Wildman–Crippen LogP) is 4.13. The minimum Gasteiger partial charge on any atom is -0.456 e. The summed E-state index contributed by atoms with van der Waals surface area (Å²) >= 11 is 4.80. The van der Waals surface area contributed by atoms with Gasteiger partial charge in [-0.15, -0.1) is 11.8 Å². The maximum atomic E-state index is 14.0. The topological polar surface area (TPSA) is 207 Å². The molecule has 260 valence electrons. The number of non-ortho nitro benzene ring substituents is 2. The fourth-order valence-electron chi connectivity index (χ4n) is 5.71. The molecule has 0 N–H and O–H groups in total. The van der Waals surface area contributed by atoms with Crippen LogP contribution in [-0.2, 0) is 54.9 Å². The molecule has 0 aliphatic carbocycles. The number of amides is 2. The highest BCUT2D eigenvalue weighted by molar-refractivity contribution is 9.10. The molecule has 17 nitrogen and oxygen atoms in total. The Hall–Kier alpha value is -5.30. The normalized spacial score (nSPS) is 20.0. The van der Waals surface area contributed by atoms with Gasteiger partial charge in [0.2, 0.25) is 5.91 Å². The van der Waals surface area contributed by atoms with Gasteiger partial charge in [-0.2, -0.15) is 5.10 Å². The summed E-state index contributed by atoms with van der Waals surface area (Å²) in [4.78, 5) is 75.9. The Morgan fingerprint density at radius 2 is 1.60 bits per heavy atom. The van der Waals surface area contributed by atoms with Gasteiger partial charge in [-0.3, -0.25) is 34.5 Å². The molecule has 3 atom stereocenters. The lowest BCUT2D eigenvalue weighted by Gasteiger charge is -2.31. The first-order chi connectivity index (χ1) is 23.8. The van der Waals surface area contributed by atoms with E-state index in [1.54, 1.807) is 10.7 Å². The van der Waals surface area contributed by atoms with E-state index in [1.807, 2.05) is 0 Å². The minimum absolute atomic E-state index is 0.00641. The van der Waals surface area contributed by atoms with E-state index < -0.39 is 49.5 Å². The quantitative estimate of drug-likeness (QED) is 0.0936. The van der Waals surface area contributed by atoms with E-state index in [0.29, 0.717) is 16.8 Å². The fraction of sp³-hybridized carbons (Fsp3) is 0.323. The molecule has 19 heteroatoms. The molecule has 0 radical (unpaired) electrons. The van der Waals surface area contributed by atoms with Gasteiger partial charge < -0.3 is 24.0 Å². The van der Waals surface area contributed by atoms with Crippen molar-refractivity contribution in [3.63, 3.8) is 0 Å². The van der Waals surface area contributed by atoms with Gasteiger partial charge in [0.05, 0.1) is 33.9 Å². The van der Waals surface area contributed by atoms with Crippen LogP contribution in [0.4, 0.5) is 16.2 Å². The van der Waals surface area contributed by atoms with Gasteiger partial charge >= 0.3 is 18.0 Å². The van der Waals surface area contributed by atoms with Gasteiger partial charge in [0, 0.05) is 49.7 Å². The molecule has 6 rings (SSSR count). The van der Waals surface area contributed by atoms with Crippen LogP contribution in [0.3, 0.4) is 0 Å². The van der Waals surface area contributed by atoms with Crippen molar-refractivity contribution in [2.75, 3.05) is 13.1 Å². The van der Waals surface area contributed by atoms with Gasteiger partial charge in [0.15, 0.2) is 10.4 Å². The lowest BCUT2D eigenvalue weighted by molar-refractivity contribution is -0.385. The van der Waals surface area contributed by atoms with Crippen molar-refractivity contribution >= 4 is 63.0 Å². The number of nitrogens with zero attached hydrogens (tertiary/aromatic N) is 6. The second kappa shape index (κ2) is 13.9. The molecule has 0 spiro atoms. The number of carbonyl (C=O) groups is 4. The molecule has 3 aliphatic heterocycles. The summed E-state index contributed by atoms with van der Waals surface area (Å²) in [5.74, 6) is -1.98. The van der Waals surface area contributed by atoms with Crippen molar-refractivity contribution in [2.45, 2.75) is 48.9 Å². The number of alkyl halides is 1. The maximum absolute atomic E-state index is 14.0. The average Bonchev–Trinajstić information content (AvgIpc) is 3.61. The highest BCUT2D eigenvalue weighted by Gasteiger charge is 2.62. The lowest BCUT2D eigenvalue weighted by atomic mass is 9.96. The van der Waals surface area contributed by atoms with E-state index in [1.165, 1.54) is 82.4 Å². The number of nitro benzene ring substituents is 2. The number of halogens is 1. The Morgan fingerprint density at radius 3 is 2.18 bits per heavy atom. The zero-order valence-electron chi connectivity index (χ0n) is 26.1. The summed E-state index contributed by atoms with van der Waals surface area (Å²) in [5, 5.41) is 27.4. The van der Waals surface area contributed by atoms with Crippen molar-refractivity contribution in [1.29, 1.82) is 0 Å². The second-order valence-electron chi connectivity index (χ2n) is 11.5. The number of carbonyl (C=O) groups excluding carboxylic acids is 4. The Bertz CT molecular complexity index is 1920. The number of fused-ring (bicyclic) bond motifs is 3. The largest absolute Gasteiger partial charge is 0.456 e. The van der Waals surface area contributed by atoms with Gasteiger partial charge in [0.1, 0.15) is 24.6 Å². The number of ether oxygens (including phenoxy) is 3. The van der Waals surface area contributed by atoms with Crippen molar-refractivity contribution in [2.24, 2.45) is 0 Å². The first-order valence-corrected chi connectivity index (χ1v) is 16.7. The SMILES string of the molecule is CC(=O)OC(c1cc2n(n1)CCN(C(=O)OCc1ccc([N+](=O)[O-])cc1)C2)[C@]1(Br)C(=O)N2C[C@H]1SC=C2C(=O)OCc1ccc([N+](=O)[O-])cc1. The Labute approximate surface area is 295 Å². The Morgan fingerprint density at radius 1 is 1.00 bits per heavy atom. The molecule has 4 heterocycles. The van der Waals surface area contributed by atoms with E-state index in [0.717, 1.165) is 0 Å². The fourth-order valence-corrected chi connectivity index (χ4v) is 7.90. The van der Waals surface area contributed by atoms with Crippen LogP contribution in [0.2, 0.25) is 0 Å². The van der Waals surface area contributed by atoms with Crippen LogP contribution in [0.25, 0.3) is 0 Å². The highest BCUT2D eigenvalue weighted by Crippen LogP contribution is 2.52. The van der Waals surface area contributed by atoms with Gasteiger partial charge in [-0.05, 0) is 41.5 Å². The first-order valence-electron chi connectivity index (χ1n) is 15.0. The predicted molar refractivity (Wildman–Crippen MR) is 176 cm³/mol. The van der Waals surface area contributed by atoms with E-state index in [2.05, 4.69) is 21.0 Å². The van der Waals surface area contributed by atoms with Crippen LogP contribution in [0, 0.1) is 20.2 Å². The van der Waals surface area contributed by atoms with E-state index in [9.17, 15) is 39.4 Å². The van der Waals surface area contributed by atoms with Gasteiger partial charge in [-0.25, -0.2) is 9.59 Å².